The van der Waals surface area contributed by atoms with Crippen LogP contribution in [0.2, 0.25) is 0 Å². The first-order valence-electron chi connectivity index (χ1n) is 5.54. The van der Waals surface area contributed by atoms with E-state index in [1.807, 2.05) is 32.3 Å². The molecule has 0 bridgehead atoms. The van der Waals surface area contributed by atoms with Crippen molar-refractivity contribution in [3.63, 3.8) is 0 Å². The summed E-state index contributed by atoms with van der Waals surface area (Å²) in [6.07, 6.45) is 1.22. The Labute approximate surface area is 115 Å². The highest BCUT2D eigenvalue weighted by molar-refractivity contribution is 9.10. The zero-order chi connectivity index (χ0) is 13.1. The summed E-state index contributed by atoms with van der Waals surface area (Å²) in [6, 6.07) is 2.04. The lowest BCUT2D eigenvalue weighted by molar-refractivity contribution is -0.130. The van der Waals surface area contributed by atoms with Crippen molar-refractivity contribution in [2.45, 2.75) is 38.8 Å². The molecular formula is C12H19BrN2OS. The standard InChI is InChI=1S/C12H19BrN2OS/c1-12(2,14)5-4-11(16)15(3)7-10-6-9(13)8-17-10/h6,8H,4-5,7,14H2,1-3H3. The summed E-state index contributed by atoms with van der Waals surface area (Å²) in [5.41, 5.74) is 5.59. The topological polar surface area (TPSA) is 46.3 Å². The fourth-order valence-electron chi connectivity index (χ4n) is 1.38. The molecule has 0 aliphatic carbocycles. The molecule has 1 heterocycles. The van der Waals surface area contributed by atoms with Crippen LogP contribution in [0.5, 0.6) is 0 Å². The summed E-state index contributed by atoms with van der Waals surface area (Å²) in [5, 5.41) is 2.02. The van der Waals surface area contributed by atoms with Crippen molar-refractivity contribution >= 4 is 33.2 Å². The first kappa shape index (κ1) is 14.7. The van der Waals surface area contributed by atoms with Gasteiger partial charge in [-0.05, 0) is 42.3 Å². The van der Waals surface area contributed by atoms with E-state index in [0.717, 1.165) is 4.47 Å². The van der Waals surface area contributed by atoms with Crippen LogP contribution in [0.25, 0.3) is 0 Å². The lowest BCUT2D eigenvalue weighted by Gasteiger charge is -2.21. The van der Waals surface area contributed by atoms with Gasteiger partial charge >= 0.3 is 0 Å². The molecule has 1 aromatic rings. The third-order valence-corrected chi connectivity index (χ3v) is 4.11. The third kappa shape index (κ3) is 5.66. The minimum Gasteiger partial charge on any atom is -0.341 e. The van der Waals surface area contributed by atoms with Gasteiger partial charge in [0.1, 0.15) is 0 Å². The normalized spacial score (nSPS) is 11.6. The lowest BCUT2D eigenvalue weighted by atomic mass is 10.00. The molecule has 0 aliphatic rings. The van der Waals surface area contributed by atoms with Crippen molar-refractivity contribution < 1.29 is 4.79 Å². The van der Waals surface area contributed by atoms with E-state index in [-0.39, 0.29) is 11.4 Å². The van der Waals surface area contributed by atoms with Gasteiger partial charge in [0.2, 0.25) is 5.91 Å². The van der Waals surface area contributed by atoms with Crippen molar-refractivity contribution in [2.75, 3.05) is 7.05 Å². The van der Waals surface area contributed by atoms with Gasteiger partial charge in [0.15, 0.2) is 0 Å². The van der Waals surface area contributed by atoms with Crippen LogP contribution in [0.4, 0.5) is 0 Å². The number of halogens is 1. The van der Waals surface area contributed by atoms with E-state index < -0.39 is 0 Å². The maximum absolute atomic E-state index is 11.9. The van der Waals surface area contributed by atoms with Crippen molar-refractivity contribution in [1.82, 2.24) is 4.90 Å². The molecule has 17 heavy (non-hydrogen) atoms. The predicted molar refractivity (Wildman–Crippen MR) is 76.0 cm³/mol. The van der Waals surface area contributed by atoms with Crippen molar-refractivity contribution in [2.24, 2.45) is 5.73 Å². The molecule has 1 rings (SSSR count). The largest absolute Gasteiger partial charge is 0.341 e. The lowest BCUT2D eigenvalue weighted by Crippen LogP contribution is -2.34. The zero-order valence-corrected chi connectivity index (χ0v) is 12.9. The Morgan fingerprint density at radius 2 is 2.24 bits per heavy atom. The van der Waals surface area contributed by atoms with Crippen molar-refractivity contribution in [3.8, 4) is 0 Å². The highest BCUT2D eigenvalue weighted by Crippen LogP contribution is 2.21. The van der Waals surface area contributed by atoms with E-state index >= 15 is 0 Å². The van der Waals surface area contributed by atoms with Gasteiger partial charge in [-0.1, -0.05) is 0 Å². The molecule has 0 fully saturated rings. The third-order valence-electron chi connectivity index (χ3n) is 2.42. The molecule has 0 spiro atoms. The van der Waals surface area contributed by atoms with Crippen LogP contribution in [0.3, 0.4) is 0 Å². The van der Waals surface area contributed by atoms with E-state index in [1.165, 1.54) is 4.88 Å². The second-order valence-corrected chi connectivity index (χ2v) is 6.88. The number of carbonyl (C=O) groups is 1. The molecule has 1 amide bonds. The number of rotatable bonds is 5. The van der Waals surface area contributed by atoms with Gasteiger partial charge in [-0.3, -0.25) is 4.79 Å². The van der Waals surface area contributed by atoms with E-state index in [1.54, 1.807) is 16.2 Å². The summed E-state index contributed by atoms with van der Waals surface area (Å²) in [5.74, 6) is 0.146. The number of hydrogen-bond acceptors (Lipinski definition) is 3. The molecule has 0 atom stereocenters. The fraction of sp³-hybridized carbons (Fsp3) is 0.583. The first-order valence-corrected chi connectivity index (χ1v) is 7.21. The predicted octanol–water partition coefficient (Wildman–Crippen LogP) is 2.99. The van der Waals surface area contributed by atoms with Crippen LogP contribution in [-0.2, 0) is 11.3 Å². The van der Waals surface area contributed by atoms with Crippen molar-refractivity contribution in [3.05, 3.63) is 20.8 Å². The number of hydrogen-bond donors (Lipinski definition) is 1. The summed E-state index contributed by atoms with van der Waals surface area (Å²) in [4.78, 5) is 14.8. The van der Waals surface area contributed by atoms with Gasteiger partial charge < -0.3 is 10.6 Å². The number of thiophene rings is 1. The Hall–Kier alpha value is -0.390. The molecular weight excluding hydrogens is 300 g/mol. The van der Waals surface area contributed by atoms with Crippen LogP contribution in [-0.4, -0.2) is 23.4 Å². The van der Waals surface area contributed by atoms with Gasteiger partial charge in [0, 0.05) is 33.7 Å². The quantitative estimate of drug-likeness (QED) is 0.907. The Balaban J connectivity index is 2.42. The first-order chi connectivity index (χ1) is 7.78. The molecule has 96 valence electrons. The molecule has 0 saturated carbocycles. The molecule has 0 aliphatic heterocycles. The Bertz CT molecular complexity index is 384. The van der Waals surface area contributed by atoms with Crippen LogP contribution in [0.1, 0.15) is 31.6 Å². The van der Waals surface area contributed by atoms with Crippen LogP contribution in [0, 0.1) is 0 Å². The molecule has 0 radical (unpaired) electrons. The Morgan fingerprint density at radius 1 is 1.59 bits per heavy atom. The number of carbonyl (C=O) groups excluding carboxylic acids is 1. The average Bonchev–Trinajstić information content (AvgIpc) is 2.59. The average molecular weight is 319 g/mol. The molecule has 2 N–H and O–H groups in total. The number of amides is 1. The van der Waals surface area contributed by atoms with E-state index in [9.17, 15) is 4.79 Å². The maximum Gasteiger partial charge on any atom is 0.222 e. The van der Waals surface area contributed by atoms with Crippen molar-refractivity contribution in [1.29, 1.82) is 0 Å². The number of nitrogens with two attached hydrogens (primary N) is 1. The zero-order valence-electron chi connectivity index (χ0n) is 10.5. The maximum atomic E-state index is 11.9. The van der Waals surface area contributed by atoms with E-state index in [0.29, 0.717) is 19.4 Å². The molecule has 0 aromatic carbocycles. The second kappa shape index (κ2) is 5.98. The van der Waals surface area contributed by atoms with Crippen LogP contribution < -0.4 is 5.73 Å². The smallest absolute Gasteiger partial charge is 0.222 e. The number of nitrogens with zero attached hydrogens (tertiary/aromatic N) is 1. The van der Waals surface area contributed by atoms with E-state index in [2.05, 4.69) is 15.9 Å². The molecule has 1 aromatic heterocycles. The Kier molecular flexibility index (Phi) is 5.16. The van der Waals surface area contributed by atoms with E-state index in [4.69, 9.17) is 5.73 Å². The minimum atomic E-state index is -0.275. The minimum absolute atomic E-state index is 0.146. The molecule has 0 saturated heterocycles. The summed E-state index contributed by atoms with van der Waals surface area (Å²) in [6.45, 7) is 4.55. The summed E-state index contributed by atoms with van der Waals surface area (Å²) >= 11 is 5.06. The van der Waals surface area contributed by atoms with Gasteiger partial charge in [-0.2, -0.15) is 0 Å². The molecule has 5 heteroatoms. The van der Waals surface area contributed by atoms with Gasteiger partial charge in [-0.15, -0.1) is 11.3 Å². The van der Waals surface area contributed by atoms with Crippen LogP contribution in [0.15, 0.2) is 15.9 Å². The Morgan fingerprint density at radius 3 is 2.71 bits per heavy atom. The van der Waals surface area contributed by atoms with Gasteiger partial charge in [-0.25, -0.2) is 0 Å². The highest BCUT2D eigenvalue weighted by atomic mass is 79.9. The second-order valence-electron chi connectivity index (χ2n) is 4.97. The molecule has 3 nitrogen and oxygen atoms in total. The van der Waals surface area contributed by atoms with Gasteiger partial charge in [0.05, 0.1) is 6.54 Å². The highest BCUT2D eigenvalue weighted by Gasteiger charge is 2.16. The monoisotopic (exact) mass is 318 g/mol. The van der Waals surface area contributed by atoms with Gasteiger partial charge in [0.25, 0.3) is 0 Å². The fourth-order valence-corrected chi connectivity index (χ4v) is 2.88. The summed E-state index contributed by atoms with van der Waals surface area (Å²) < 4.78 is 1.07. The summed E-state index contributed by atoms with van der Waals surface area (Å²) in [7, 11) is 1.83. The van der Waals surface area contributed by atoms with Crippen LogP contribution >= 0.6 is 27.3 Å². The SMILES string of the molecule is CN(Cc1cc(Br)cs1)C(=O)CCC(C)(C)N. The molecule has 0 unspecified atom stereocenters.